The maximum Gasteiger partial charge on any atom is 0.135 e. The molecule has 1 heteroatoms. The van der Waals surface area contributed by atoms with Crippen LogP contribution in [0.2, 0.25) is 0 Å². The monoisotopic (exact) mass is 140 g/mol. The van der Waals surface area contributed by atoms with Crippen LogP contribution in [0.25, 0.3) is 0 Å². The van der Waals surface area contributed by atoms with Crippen LogP contribution in [0.15, 0.2) is 0 Å². The van der Waals surface area contributed by atoms with Crippen LogP contribution < -0.4 is 0 Å². The van der Waals surface area contributed by atoms with Gasteiger partial charge in [-0.2, -0.15) is 0 Å². The standard InChI is InChI=1S/C9H16O/c1-6-4-5-9(10)8(3)7(6)2/h6-8H,4-5H2,1-3H3/t6-,7-,8-/m1/s1. The third kappa shape index (κ3) is 1.23. The lowest BCUT2D eigenvalue weighted by Gasteiger charge is -2.30. The third-order valence-corrected chi connectivity index (χ3v) is 3.04. The predicted molar refractivity (Wildman–Crippen MR) is 41.7 cm³/mol. The predicted octanol–water partition coefficient (Wildman–Crippen LogP) is 2.26. The highest BCUT2D eigenvalue weighted by molar-refractivity contribution is 5.81. The first kappa shape index (κ1) is 7.77. The summed E-state index contributed by atoms with van der Waals surface area (Å²) >= 11 is 0. The van der Waals surface area contributed by atoms with E-state index in [1.807, 2.05) is 0 Å². The molecule has 0 amide bonds. The number of rotatable bonds is 0. The SMILES string of the molecule is C[C@@H]1[C@H](C)CCC(=O)[C@@H]1C. The Kier molecular flexibility index (Phi) is 2.12. The molecule has 1 nitrogen and oxygen atoms in total. The van der Waals surface area contributed by atoms with Crippen LogP contribution in [0.1, 0.15) is 33.6 Å². The summed E-state index contributed by atoms with van der Waals surface area (Å²) in [5, 5.41) is 0. The van der Waals surface area contributed by atoms with E-state index in [0.29, 0.717) is 17.6 Å². The van der Waals surface area contributed by atoms with Gasteiger partial charge in [0.25, 0.3) is 0 Å². The van der Waals surface area contributed by atoms with Gasteiger partial charge >= 0.3 is 0 Å². The average molecular weight is 140 g/mol. The minimum atomic E-state index is 0.309. The lowest BCUT2D eigenvalue weighted by Crippen LogP contribution is -2.29. The van der Waals surface area contributed by atoms with E-state index in [2.05, 4.69) is 20.8 Å². The Morgan fingerprint density at radius 1 is 1.30 bits per heavy atom. The van der Waals surface area contributed by atoms with Gasteiger partial charge in [0.1, 0.15) is 5.78 Å². The number of Topliss-reactive ketones (excluding diaryl/α,β-unsaturated/α-hetero) is 1. The normalized spacial score (nSPS) is 41.9. The Balaban J connectivity index is 2.60. The van der Waals surface area contributed by atoms with Crippen molar-refractivity contribution in [3.05, 3.63) is 0 Å². The molecule has 10 heavy (non-hydrogen) atoms. The van der Waals surface area contributed by atoms with Crippen LogP contribution in [-0.2, 0) is 4.79 Å². The lowest BCUT2D eigenvalue weighted by molar-refractivity contribution is -0.127. The minimum Gasteiger partial charge on any atom is -0.299 e. The summed E-state index contributed by atoms with van der Waals surface area (Å²) in [6.45, 7) is 6.49. The molecule has 0 aliphatic heterocycles. The van der Waals surface area contributed by atoms with Crippen molar-refractivity contribution in [1.82, 2.24) is 0 Å². The first-order valence-electron chi connectivity index (χ1n) is 4.15. The molecule has 58 valence electrons. The van der Waals surface area contributed by atoms with Gasteiger partial charge < -0.3 is 0 Å². The molecule has 1 aliphatic rings. The Labute approximate surface area is 62.8 Å². The van der Waals surface area contributed by atoms with Crippen molar-refractivity contribution < 1.29 is 4.79 Å². The Hall–Kier alpha value is -0.330. The summed E-state index contributed by atoms with van der Waals surface area (Å²) in [7, 11) is 0. The van der Waals surface area contributed by atoms with Crippen molar-refractivity contribution in [1.29, 1.82) is 0 Å². The van der Waals surface area contributed by atoms with E-state index in [9.17, 15) is 4.79 Å². The van der Waals surface area contributed by atoms with Gasteiger partial charge in [-0.15, -0.1) is 0 Å². The van der Waals surface area contributed by atoms with Crippen LogP contribution in [-0.4, -0.2) is 5.78 Å². The molecule has 0 aromatic heterocycles. The highest BCUT2D eigenvalue weighted by Crippen LogP contribution is 2.31. The van der Waals surface area contributed by atoms with E-state index >= 15 is 0 Å². The highest BCUT2D eigenvalue weighted by Gasteiger charge is 2.29. The van der Waals surface area contributed by atoms with Crippen molar-refractivity contribution in [2.24, 2.45) is 17.8 Å². The summed E-state index contributed by atoms with van der Waals surface area (Å²) in [5.41, 5.74) is 0. The summed E-state index contributed by atoms with van der Waals surface area (Å²) in [5.74, 6) is 2.11. The van der Waals surface area contributed by atoms with E-state index < -0.39 is 0 Å². The van der Waals surface area contributed by atoms with Gasteiger partial charge in [-0.05, 0) is 18.3 Å². The molecule has 0 N–H and O–H groups in total. The van der Waals surface area contributed by atoms with E-state index in [4.69, 9.17) is 0 Å². The highest BCUT2D eigenvalue weighted by atomic mass is 16.1. The number of ketones is 1. The van der Waals surface area contributed by atoms with Gasteiger partial charge in [0, 0.05) is 12.3 Å². The summed E-state index contributed by atoms with van der Waals surface area (Å²) in [6.07, 6.45) is 1.91. The van der Waals surface area contributed by atoms with Crippen molar-refractivity contribution in [3.63, 3.8) is 0 Å². The zero-order valence-corrected chi connectivity index (χ0v) is 7.05. The van der Waals surface area contributed by atoms with Crippen LogP contribution in [0, 0.1) is 17.8 Å². The van der Waals surface area contributed by atoms with Gasteiger partial charge in [-0.25, -0.2) is 0 Å². The molecule has 0 spiro atoms. The van der Waals surface area contributed by atoms with E-state index in [1.165, 1.54) is 0 Å². The number of hydrogen-bond acceptors (Lipinski definition) is 1. The fraction of sp³-hybridized carbons (Fsp3) is 0.889. The molecular formula is C9H16O. The lowest BCUT2D eigenvalue weighted by atomic mass is 9.74. The fourth-order valence-corrected chi connectivity index (χ4v) is 1.65. The second-order valence-corrected chi connectivity index (χ2v) is 3.63. The van der Waals surface area contributed by atoms with Gasteiger partial charge in [0.15, 0.2) is 0 Å². The minimum absolute atomic E-state index is 0.309. The zero-order valence-electron chi connectivity index (χ0n) is 7.05. The molecule has 0 aromatic rings. The molecule has 1 aliphatic carbocycles. The average Bonchev–Trinajstić information content (AvgIpc) is 1.93. The Bertz CT molecular complexity index is 140. The van der Waals surface area contributed by atoms with Crippen molar-refractivity contribution in [3.8, 4) is 0 Å². The first-order chi connectivity index (χ1) is 4.63. The van der Waals surface area contributed by atoms with Gasteiger partial charge in [0.2, 0.25) is 0 Å². The summed E-state index contributed by atoms with van der Waals surface area (Å²) in [6, 6.07) is 0. The second kappa shape index (κ2) is 2.73. The molecule has 0 aromatic carbocycles. The first-order valence-corrected chi connectivity index (χ1v) is 4.15. The van der Waals surface area contributed by atoms with Crippen molar-refractivity contribution in [2.75, 3.05) is 0 Å². The maximum absolute atomic E-state index is 11.2. The maximum atomic E-state index is 11.2. The molecule has 0 bridgehead atoms. The van der Waals surface area contributed by atoms with Crippen LogP contribution in [0.4, 0.5) is 0 Å². The molecule has 1 fully saturated rings. The third-order valence-electron chi connectivity index (χ3n) is 3.04. The number of hydrogen-bond donors (Lipinski definition) is 0. The Morgan fingerprint density at radius 3 is 2.40 bits per heavy atom. The van der Waals surface area contributed by atoms with Crippen molar-refractivity contribution >= 4 is 5.78 Å². The van der Waals surface area contributed by atoms with E-state index in [-0.39, 0.29) is 0 Å². The topological polar surface area (TPSA) is 17.1 Å². The molecule has 3 atom stereocenters. The van der Waals surface area contributed by atoms with Gasteiger partial charge in [-0.1, -0.05) is 20.8 Å². The largest absolute Gasteiger partial charge is 0.299 e. The van der Waals surface area contributed by atoms with Crippen LogP contribution >= 0.6 is 0 Å². The molecule has 1 rings (SSSR count). The van der Waals surface area contributed by atoms with E-state index in [1.54, 1.807) is 0 Å². The zero-order chi connectivity index (χ0) is 7.72. The summed E-state index contributed by atoms with van der Waals surface area (Å²) in [4.78, 5) is 11.2. The number of carbonyl (C=O) groups excluding carboxylic acids is 1. The van der Waals surface area contributed by atoms with Gasteiger partial charge in [-0.3, -0.25) is 4.79 Å². The molecule has 1 saturated carbocycles. The van der Waals surface area contributed by atoms with E-state index in [0.717, 1.165) is 18.8 Å². The smallest absolute Gasteiger partial charge is 0.135 e. The molecular weight excluding hydrogens is 124 g/mol. The molecule has 0 heterocycles. The van der Waals surface area contributed by atoms with Crippen molar-refractivity contribution in [2.45, 2.75) is 33.6 Å². The Morgan fingerprint density at radius 2 is 1.90 bits per heavy atom. The molecule has 0 saturated heterocycles. The van der Waals surface area contributed by atoms with Crippen LogP contribution in [0.3, 0.4) is 0 Å². The molecule has 0 unspecified atom stereocenters. The quantitative estimate of drug-likeness (QED) is 0.504. The van der Waals surface area contributed by atoms with Gasteiger partial charge in [0.05, 0.1) is 0 Å². The number of carbonyl (C=O) groups is 1. The fourth-order valence-electron chi connectivity index (χ4n) is 1.65. The molecule has 0 radical (unpaired) electrons. The van der Waals surface area contributed by atoms with Crippen LogP contribution in [0.5, 0.6) is 0 Å². The second-order valence-electron chi connectivity index (χ2n) is 3.63. The summed E-state index contributed by atoms with van der Waals surface area (Å²) < 4.78 is 0.